The molecule has 0 aliphatic heterocycles. The maximum Gasteiger partial charge on any atom is 0.211 e. The molecule has 2 aromatic rings. The summed E-state index contributed by atoms with van der Waals surface area (Å²) in [7, 11) is 1.77. The lowest BCUT2D eigenvalue weighted by molar-refractivity contribution is 0.0915. The molecule has 0 unspecified atom stereocenters. The van der Waals surface area contributed by atoms with E-state index in [4.69, 9.17) is 4.42 Å². The first-order valence-electron chi connectivity index (χ1n) is 5.65. The number of ketones is 1. The third kappa shape index (κ3) is 3.05. The Morgan fingerprint density at radius 1 is 1.28 bits per heavy atom. The molecule has 0 atom stereocenters. The summed E-state index contributed by atoms with van der Waals surface area (Å²) in [5.74, 6) is -0.0379. The average molecular weight is 247 g/mol. The molecular formula is C14H14FNO2. The van der Waals surface area contributed by atoms with Gasteiger partial charge in [0, 0.05) is 12.1 Å². The number of furan rings is 1. The fourth-order valence-electron chi connectivity index (χ4n) is 1.73. The molecule has 4 heteroatoms. The fraction of sp³-hybridized carbons (Fsp3) is 0.214. The summed E-state index contributed by atoms with van der Waals surface area (Å²) in [6, 6.07) is 9.84. The molecule has 1 aromatic carbocycles. The molecule has 0 spiro atoms. The van der Waals surface area contributed by atoms with Gasteiger partial charge in [-0.15, -0.1) is 0 Å². The van der Waals surface area contributed by atoms with Gasteiger partial charge in [0.05, 0.1) is 12.8 Å². The second-order valence-electron chi connectivity index (χ2n) is 4.16. The molecule has 0 amide bonds. The van der Waals surface area contributed by atoms with Crippen molar-refractivity contribution in [3.8, 4) is 0 Å². The number of carbonyl (C=O) groups is 1. The van der Waals surface area contributed by atoms with Crippen LogP contribution in [0.1, 0.15) is 16.1 Å². The highest BCUT2D eigenvalue weighted by Crippen LogP contribution is 2.09. The molecule has 94 valence electrons. The highest BCUT2D eigenvalue weighted by atomic mass is 19.1. The van der Waals surface area contributed by atoms with Crippen molar-refractivity contribution < 1.29 is 13.6 Å². The van der Waals surface area contributed by atoms with E-state index in [0.717, 1.165) is 0 Å². The average Bonchev–Trinajstić information content (AvgIpc) is 2.85. The van der Waals surface area contributed by atoms with E-state index >= 15 is 0 Å². The molecule has 0 aliphatic carbocycles. The van der Waals surface area contributed by atoms with Crippen LogP contribution < -0.4 is 0 Å². The summed E-state index contributed by atoms with van der Waals surface area (Å²) >= 11 is 0. The normalized spacial score (nSPS) is 10.8. The molecule has 3 nitrogen and oxygen atoms in total. The Labute approximate surface area is 105 Å². The van der Waals surface area contributed by atoms with Gasteiger partial charge in [0.25, 0.3) is 0 Å². The number of halogens is 1. The van der Waals surface area contributed by atoms with Gasteiger partial charge in [-0.2, -0.15) is 0 Å². The van der Waals surface area contributed by atoms with Gasteiger partial charge in [0.15, 0.2) is 5.76 Å². The van der Waals surface area contributed by atoms with Crippen molar-refractivity contribution in [2.45, 2.75) is 6.54 Å². The first-order valence-corrected chi connectivity index (χ1v) is 5.65. The molecule has 0 saturated heterocycles. The van der Waals surface area contributed by atoms with Crippen LogP contribution in [0.3, 0.4) is 0 Å². The lowest BCUT2D eigenvalue weighted by Gasteiger charge is -2.15. The Bertz CT molecular complexity index is 522. The van der Waals surface area contributed by atoms with E-state index in [1.165, 1.54) is 12.3 Å². The van der Waals surface area contributed by atoms with Gasteiger partial charge in [-0.25, -0.2) is 4.39 Å². The van der Waals surface area contributed by atoms with Gasteiger partial charge in [0.2, 0.25) is 5.78 Å². The van der Waals surface area contributed by atoms with Crippen molar-refractivity contribution in [2.24, 2.45) is 0 Å². The molecule has 0 bridgehead atoms. The van der Waals surface area contributed by atoms with Crippen LogP contribution in [0.5, 0.6) is 0 Å². The van der Waals surface area contributed by atoms with Crippen molar-refractivity contribution in [1.82, 2.24) is 4.90 Å². The highest BCUT2D eigenvalue weighted by Gasteiger charge is 2.13. The Morgan fingerprint density at radius 3 is 2.72 bits per heavy atom. The van der Waals surface area contributed by atoms with Gasteiger partial charge in [0.1, 0.15) is 5.82 Å². The molecule has 0 fully saturated rings. The Morgan fingerprint density at radius 2 is 2.06 bits per heavy atom. The molecule has 0 saturated carbocycles. The largest absolute Gasteiger partial charge is 0.461 e. The first kappa shape index (κ1) is 12.5. The van der Waals surface area contributed by atoms with Crippen molar-refractivity contribution in [1.29, 1.82) is 0 Å². The third-order valence-electron chi connectivity index (χ3n) is 2.61. The predicted molar refractivity (Wildman–Crippen MR) is 65.8 cm³/mol. The second-order valence-corrected chi connectivity index (χ2v) is 4.16. The van der Waals surface area contributed by atoms with E-state index in [2.05, 4.69) is 0 Å². The summed E-state index contributed by atoms with van der Waals surface area (Å²) in [5, 5.41) is 0. The molecule has 1 heterocycles. The monoisotopic (exact) mass is 247 g/mol. The molecule has 0 radical (unpaired) electrons. The number of Topliss-reactive ketones (excluding diaryl/α,β-unsaturated/α-hetero) is 1. The summed E-state index contributed by atoms with van der Waals surface area (Å²) in [5.41, 5.74) is 0.576. The maximum atomic E-state index is 13.4. The Balaban J connectivity index is 1.95. The SMILES string of the molecule is CN(CC(=O)c1ccco1)Cc1ccccc1F. The zero-order valence-electron chi connectivity index (χ0n) is 10.1. The minimum absolute atomic E-state index is 0.112. The highest BCUT2D eigenvalue weighted by molar-refractivity contribution is 5.94. The lowest BCUT2D eigenvalue weighted by atomic mass is 10.2. The van der Waals surface area contributed by atoms with Crippen LogP contribution in [0.25, 0.3) is 0 Å². The quantitative estimate of drug-likeness (QED) is 0.762. The van der Waals surface area contributed by atoms with Crippen LogP contribution >= 0.6 is 0 Å². The summed E-state index contributed by atoms with van der Waals surface area (Å²) in [4.78, 5) is 13.5. The fourth-order valence-corrected chi connectivity index (χ4v) is 1.73. The number of rotatable bonds is 5. The standard InChI is InChI=1S/C14H14FNO2/c1-16(9-11-5-2-3-6-12(11)15)10-13(17)14-7-4-8-18-14/h2-8H,9-10H2,1H3. The summed E-state index contributed by atoms with van der Waals surface area (Å²) < 4.78 is 18.5. The van der Waals surface area contributed by atoms with Gasteiger partial charge in [-0.1, -0.05) is 18.2 Å². The summed E-state index contributed by atoms with van der Waals surface area (Å²) in [6.07, 6.45) is 1.46. The van der Waals surface area contributed by atoms with Gasteiger partial charge >= 0.3 is 0 Å². The van der Waals surface area contributed by atoms with Crippen LogP contribution in [-0.2, 0) is 6.54 Å². The van der Waals surface area contributed by atoms with Crippen LogP contribution in [0.4, 0.5) is 4.39 Å². The number of likely N-dealkylation sites (N-methyl/N-ethyl adjacent to an activating group) is 1. The topological polar surface area (TPSA) is 33.5 Å². The van der Waals surface area contributed by atoms with Crippen molar-refractivity contribution in [2.75, 3.05) is 13.6 Å². The lowest BCUT2D eigenvalue weighted by Crippen LogP contribution is -2.25. The number of hydrogen-bond acceptors (Lipinski definition) is 3. The van der Waals surface area contributed by atoms with E-state index in [1.54, 1.807) is 42.3 Å². The van der Waals surface area contributed by atoms with Crippen LogP contribution in [0.2, 0.25) is 0 Å². The third-order valence-corrected chi connectivity index (χ3v) is 2.61. The minimum atomic E-state index is -0.255. The van der Waals surface area contributed by atoms with E-state index in [1.807, 2.05) is 0 Å². The number of nitrogens with zero attached hydrogens (tertiary/aromatic N) is 1. The number of benzene rings is 1. The zero-order valence-corrected chi connectivity index (χ0v) is 10.1. The first-order chi connectivity index (χ1) is 8.66. The van der Waals surface area contributed by atoms with Crippen molar-refractivity contribution in [3.05, 3.63) is 59.8 Å². The molecule has 0 aliphatic rings. The Hall–Kier alpha value is -1.94. The summed E-state index contributed by atoms with van der Waals surface area (Å²) in [6.45, 7) is 0.584. The smallest absolute Gasteiger partial charge is 0.211 e. The van der Waals surface area contributed by atoms with Crippen molar-refractivity contribution in [3.63, 3.8) is 0 Å². The predicted octanol–water partition coefficient (Wildman–Crippen LogP) is 2.73. The molecular weight excluding hydrogens is 233 g/mol. The molecule has 1 aromatic heterocycles. The second kappa shape index (κ2) is 5.60. The maximum absolute atomic E-state index is 13.4. The minimum Gasteiger partial charge on any atom is -0.461 e. The van der Waals surface area contributed by atoms with E-state index < -0.39 is 0 Å². The van der Waals surface area contributed by atoms with Gasteiger partial charge in [-0.05, 0) is 25.2 Å². The van der Waals surface area contributed by atoms with Crippen LogP contribution in [-0.4, -0.2) is 24.3 Å². The van der Waals surface area contributed by atoms with Crippen molar-refractivity contribution >= 4 is 5.78 Å². The van der Waals surface area contributed by atoms with E-state index in [-0.39, 0.29) is 18.1 Å². The molecule has 2 rings (SSSR count). The molecule has 18 heavy (non-hydrogen) atoms. The van der Waals surface area contributed by atoms with E-state index in [9.17, 15) is 9.18 Å². The van der Waals surface area contributed by atoms with Crippen LogP contribution in [0, 0.1) is 5.82 Å². The Kier molecular flexibility index (Phi) is 3.89. The van der Waals surface area contributed by atoms with Crippen LogP contribution in [0.15, 0.2) is 47.1 Å². The molecule has 0 N–H and O–H groups in total. The number of hydrogen-bond donors (Lipinski definition) is 0. The number of carbonyl (C=O) groups excluding carboxylic acids is 1. The zero-order chi connectivity index (χ0) is 13.0. The van der Waals surface area contributed by atoms with Gasteiger partial charge in [-0.3, -0.25) is 9.69 Å². The van der Waals surface area contributed by atoms with E-state index in [0.29, 0.717) is 17.9 Å². The van der Waals surface area contributed by atoms with Gasteiger partial charge < -0.3 is 4.42 Å².